The van der Waals surface area contributed by atoms with E-state index < -0.39 is 124 Å². The van der Waals surface area contributed by atoms with E-state index in [-0.39, 0.29) is 21.8 Å². The van der Waals surface area contributed by atoms with Crippen molar-refractivity contribution < 1.29 is 106 Å². The topological polar surface area (TPSA) is 432 Å². The second-order valence-corrected chi connectivity index (χ2v) is 14.3. The number of benzene rings is 3. The number of ether oxygens (including phenoxy) is 1. The Hall–Kier alpha value is -5.61. The van der Waals surface area contributed by atoms with E-state index in [2.05, 4.69) is 5.32 Å². The van der Waals surface area contributed by atoms with Gasteiger partial charge in [-0.05, 0) is 50.3 Å². The third-order valence-electron chi connectivity index (χ3n) is 10.1. The number of aliphatic hydroxyl groups excluding tert-OH is 1. The number of hydrogen-bond donors (Lipinski definition) is 19. The maximum Gasteiger partial charge on any atom is 0.386 e. The molecule has 1 saturated heterocycles. The van der Waals surface area contributed by atoms with E-state index in [1.807, 2.05) is 0 Å². The number of ketones is 1. The molecule has 1 heterocycles. The minimum Gasteiger partial charge on any atom is -0.504 e. The molecule has 19 N–H and O–H groups in total. The number of urea groups is 1. The summed E-state index contributed by atoms with van der Waals surface area (Å²) in [5.41, 5.74) is -5.20. The van der Waals surface area contributed by atoms with Gasteiger partial charge in [0.2, 0.25) is 34.7 Å². The molecule has 0 saturated carbocycles. The zero-order valence-electron chi connectivity index (χ0n) is 31.7. The number of aromatic hydroxyl groups is 5. The zero-order valence-corrected chi connectivity index (χ0v) is 31.7. The van der Waals surface area contributed by atoms with Gasteiger partial charge in [-0.15, -0.1) is 0 Å². The molecule has 0 aliphatic carbocycles. The van der Waals surface area contributed by atoms with Crippen LogP contribution in [-0.4, -0.2) is 157 Å². The summed E-state index contributed by atoms with van der Waals surface area (Å²) in [7, 11) is 0. The number of aryl methyl sites for hydroxylation is 2. The van der Waals surface area contributed by atoms with Crippen molar-refractivity contribution in [2.75, 3.05) is 0 Å². The van der Waals surface area contributed by atoms with Crippen molar-refractivity contribution in [2.45, 2.75) is 93.2 Å². The molecule has 0 spiro atoms. The molecule has 1 aliphatic heterocycles. The number of carbonyl (C=O) groups excluding carboxylic acids is 3. The molecule has 0 radical (unpaired) electrons. The minimum atomic E-state index is -4.51. The van der Waals surface area contributed by atoms with Crippen molar-refractivity contribution >= 4 is 17.7 Å². The van der Waals surface area contributed by atoms with Gasteiger partial charge in [0.15, 0.2) is 17.1 Å². The molecule has 0 aromatic heterocycles. The maximum atomic E-state index is 13.7. The number of carbonyl (C=O) groups is 3. The van der Waals surface area contributed by atoms with Gasteiger partial charge < -0.3 is 96.9 Å². The van der Waals surface area contributed by atoms with Crippen LogP contribution in [0.4, 0.5) is 4.79 Å². The number of nitrogens with one attached hydrogen (secondary N) is 2. The SMILES string of the molecule is Cc1cccc(C)c1OC(O)(O)C(=O)CC(O)(C(O)CC(Cc1ccccc1)NC(=O)C(C)N1C(=O)NC(O)(O)C(O)(O)C1(O)O)C(O)(O)c1c(O)c(O)c(O)c(O)c1O. The fourth-order valence-corrected chi connectivity index (χ4v) is 6.51. The number of phenolic OH excluding ortho intramolecular Hbond substituents is 5. The minimum absolute atomic E-state index is 0.236. The number of amides is 3. The monoisotopic (exact) mass is 855 g/mol. The van der Waals surface area contributed by atoms with Gasteiger partial charge in [-0.1, -0.05) is 48.5 Å². The Balaban J connectivity index is 1.82. The van der Waals surface area contributed by atoms with Gasteiger partial charge in [0.25, 0.3) is 0 Å². The number of hydrogen-bond acceptors (Lipinski definition) is 21. The third-order valence-corrected chi connectivity index (χ3v) is 10.1. The van der Waals surface area contributed by atoms with Crippen LogP contribution in [0.3, 0.4) is 0 Å². The molecule has 24 nitrogen and oxygen atoms in total. The smallest absolute Gasteiger partial charge is 0.386 e. The van der Waals surface area contributed by atoms with Gasteiger partial charge >= 0.3 is 29.6 Å². The fraction of sp³-hybridized carbons (Fsp3) is 0.417. The predicted molar refractivity (Wildman–Crippen MR) is 193 cm³/mol. The molecule has 0 bridgehead atoms. The van der Waals surface area contributed by atoms with E-state index >= 15 is 0 Å². The van der Waals surface area contributed by atoms with E-state index in [0.717, 1.165) is 6.92 Å². The molecule has 1 fully saturated rings. The molecule has 3 aromatic carbocycles. The van der Waals surface area contributed by atoms with Crippen molar-refractivity contribution in [2.24, 2.45) is 0 Å². The van der Waals surface area contributed by atoms with Crippen molar-refractivity contribution in [1.82, 2.24) is 15.5 Å². The normalized spacial score (nSPS) is 18.7. The van der Waals surface area contributed by atoms with Gasteiger partial charge in [0, 0.05) is 6.04 Å². The molecule has 60 heavy (non-hydrogen) atoms. The Bertz CT molecular complexity index is 2080. The summed E-state index contributed by atoms with van der Waals surface area (Å²) in [6.07, 6.45) is -6.63. The number of Topliss-reactive ketones (excluding diaryl/α,β-unsaturated/α-hetero) is 1. The van der Waals surface area contributed by atoms with Crippen LogP contribution < -0.4 is 15.4 Å². The summed E-state index contributed by atoms with van der Waals surface area (Å²) in [6, 6.07) is 6.03. The summed E-state index contributed by atoms with van der Waals surface area (Å²) in [5, 5.41) is 185. The number of nitrogens with zero attached hydrogens (tertiary/aromatic N) is 1. The summed E-state index contributed by atoms with van der Waals surface area (Å²) in [6.45, 7) is 3.63. The van der Waals surface area contributed by atoms with Crippen LogP contribution >= 0.6 is 0 Å². The molecule has 3 aromatic rings. The lowest BCUT2D eigenvalue weighted by atomic mass is 9.75. The average molecular weight is 856 g/mol. The number of para-hydroxylation sites is 1. The first kappa shape index (κ1) is 47.1. The lowest BCUT2D eigenvalue weighted by molar-refractivity contribution is -0.495. The summed E-state index contributed by atoms with van der Waals surface area (Å²) < 4.78 is 5.11. The Morgan fingerprint density at radius 2 is 1.30 bits per heavy atom. The second-order valence-electron chi connectivity index (χ2n) is 14.3. The van der Waals surface area contributed by atoms with Crippen LogP contribution in [0.2, 0.25) is 0 Å². The Morgan fingerprint density at radius 3 is 1.82 bits per heavy atom. The van der Waals surface area contributed by atoms with Gasteiger partial charge in [-0.25, -0.2) is 4.79 Å². The van der Waals surface area contributed by atoms with E-state index in [9.17, 15) is 101 Å². The van der Waals surface area contributed by atoms with Crippen molar-refractivity contribution in [1.29, 1.82) is 0 Å². The highest BCUT2D eigenvalue weighted by Crippen LogP contribution is 2.56. The van der Waals surface area contributed by atoms with Gasteiger partial charge in [0.1, 0.15) is 17.4 Å². The van der Waals surface area contributed by atoms with Crippen LogP contribution in [-0.2, 0) is 21.8 Å². The molecule has 1 aliphatic rings. The second kappa shape index (κ2) is 16.1. The molecular weight excluding hydrogens is 810 g/mol. The Kier molecular flexibility index (Phi) is 12.6. The van der Waals surface area contributed by atoms with Gasteiger partial charge in [-0.3, -0.25) is 19.8 Å². The highest BCUT2D eigenvalue weighted by molar-refractivity contribution is 5.88. The fourth-order valence-electron chi connectivity index (χ4n) is 6.51. The molecular formula is C36H45N3O21. The van der Waals surface area contributed by atoms with Crippen molar-refractivity contribution in [3.8, 4) is 34.5 Å². The molecule has 330 valence electrons. The van der Waals surface area contributed by atoms with E-state index in [0.29, 0.717) is 5.56 Å². The first-order valence-electron chi connectivity index (χ1n) is 17.4. The van der Waals surface area contributed by atoms with Crippen LogP contribution in [0.5, 0.6) is 34.5 Å². The third kappa shape index (κ3) is 8.14. The van der Waals surface area contributed by atoms with Crippen LogP contribution in [0, 0.1) is 13.8 Å². The molecule has 4 unspecified atom stereocenters. The first-order chi connectivity index (χ1) is 27.4. The Labute approximate surface area is 337 Å². The number of rotatable bonds is 15. The summed E-state index contributed by atoms with van der Waals surface area (Å²) in [4.78, 5) is 39.7. The van der Waals surface area contributed by atoms with E-state index in [1.165, 1.54) is 61.6 Å². The van der Waals surface area contributed by atoms with Crippen LogP contribution in [0.15, 0.2) is 48.5 Å². The van der Waals surface area contributed by atoms with Crippen molar-refractivity contribution in [3.05, 3.63) is 70.8 Å². The lowest BCUT2D eigenvalue weighted by Crippen LogP contribution is -2.86. The lowest BCUT2D eigenvalue weighted by Gasteiger charge is -2.52. The summed E-state index contributed by atoms with van der Waals surface area (Å²) >= 11 is 0. The Morgan fingerprint density at radius 1 is 0.800 bits per heavy atom. The molecule has 24 heteroatoms. The standard InChI is InChI=1S/C36H45N3O21/c1-15-8-7-9-16(2)28(15)60-33(52,53)21(41)14-31(49,32(50,51)22-23(42)25(44)27(46)26(45)24(22)43)20(40)13-19(12-18-10-5-4-6-11-18)37-29(47)17(3)39-30(48)38-35(56,57)34(54,55)36(39,58)59/h4-11,17,19-20,40,42-46,49-59H,12-14H2,1-3H3,(H,37,47)(H,38,48). The summed E-state index contributed by atoms with van der Waals surface area (Å²) in [5.74, 6) is -34.0. The van der Waals surface area contributed by atoms with Crippen LogP contribution in [0.1, 0.15) is 42.0 Å². The van der Waals surface area contributed by atoms with Crippen molar-refractivity contribution in [3.63, 3.8) is 0 Å². The van der Waals surface area contributed by atoms with Gasteiger partial charge in [-0.2, -0.15) is 0 Å². The van der Waals surface area contributed by atoms with Crippen LogP contribution in [0.25, 0.3) is 0 Å². The average Bonchev–Trinajstić information content (AvgIpc) is 3.13. The van der Waals surface area contributed by atoms with Gasteiger partial charge in [0.05, 0.1) is 12.5 Å². The van der Waals surface area contributed by atoms with E-state index in [1.54, 1.807) is 6.07 Å². The predicted octanol–water partition coefficient (Wildman–Crippen LogP) is -4.77. The first-order valence-corrected chi connectivity index (χ1v) is 17.4. The highest BCUT2D eigenvalue weighted by atomic mass is 16.8. The molecule has 4 atom stereocenters. The number of phenols is 5. The quantitative estimate of drug-likeness (QED) is 0.0387. The number of aliphatic hydroxyl groups is 12. The molecule has 4 rings (SSSR count). The van der Waals surface area contributed by atoms with E-state index in [4.69, 9.17) is 4.74 Å². The maximum absolute atomic E-state index is 13.7. The largest absolute Gasteiger partial charge is 0.504 e. The highest BCUT2D eigenvalue weighted by Gasteiger charge is 2.72. The molecule has 3 amide bonds. The zero-order chi connectivity index (χ0) is 45.7.